The summed E-state index contributed by atoms with van der Waals surface area (Å²) in [5.41, 5.74) is 11.3. The van der Waals surface area contributed by atoms with Crippen LogP contribution in [0.25, 0.3) is 89.2 Å². The fraction of sp³-hybridized carbons (Fsp3) is 0.0233. The van der Waals surface area contributed by atoms with Crippen LogP contribution in [-0.2, 0) is 0 Å². The van der Waals surface area contributed by atoms with E-state index in [2.05, 4.69) is 149 Å². The maximum absolute atomic E-state index is 6.16. The lowest BCUT2D eigenvalue weighted by Gasteiger charge is -2.09. The number of benzene rings is 6. The second kappa shape index (κ2) is 10.3. The van der Waals surface area contributed by atoms with Crippen molar-refractivity contribution >= 4 is 66.7 Å². The Hall–Kier alpha value is -6.06. The fourth-order valence-electron chi connectivity index (χ4n) is 7.19. The van der Waals surface area contributed by atoms with E-state index in [4.69, 9.17) is 4.42 Å². The van der Waals surface area contributed by atoms with Crippen LogP contribution in [0.3, 0.4) is 0 Å². The van der Waals surface area contributed by atoms with Gasteiger partial charge in [0, 0.05) is 43.9 Å². The van der Waals surface area contributed by atoms with Crippen LogP contribution in [0.5, 0.6) is 0 Å². The highest BCUT2D eigenvalue weighted by molar-refractivity contribution is 6.13. The monoisotopic (exact) mass is 590 g/mol. The summed E-state index contributed by atoms with van der Waals surface area (Å²) in [6, 6.07) is 48.2. The van der Waals surface area contributed by atoms with Gasteiger partial charge in [-0.25, -0.2) is 0 Å². The van der Waals surface area contributed by atoms with Crippen LogP contribution >= 0.6 is 0 Å². The average molecular weight is 591 g/mol. The number of nitrogens with zero attached hydrogens (tertiary/aromatic N) is 2. The van der Waals surface area contributed by atoms with Crippen molar-refractivity contribution in [2.75, 3.05) is 0 Å². The van der Waals surface area contributed by atoms with E-state index >= 15 is 0 Å². The van der Waals surface area contributed by atoms with Gasteiger partial charge in [0.2, 0.25) is 0 Å². The van der Waals surface area contributed by atoms with Crippen LogP contribution < -0.4 is 0 Å². The summed E-state index contributed by atoms with van der Waals surface area (Å²) in [6.07, 6.45) is 5.88. The van der Waals surface area contributed by atoms with E-state index in [0.29, 0.717) is 0 Å². The standard InChI is InChI=1S/C43H30N2O/c1-3-12-42-32(4-2)37-27-31(21-24-43(37)46-42)45-39-18-11-9-16-34(39)36-26-29(20-23-41(36)45)28-19-22-40-35(25-28)33-15-8-10-17-38(33)44(40)30-13-6-5-7-14-30/h3-27H,2H2,1H3/b12-3-. The van der Waals surface area contributed by atoms with Gasteiger partial charge in [0.15, 0.2) is 0 Å². The Balaban J connectivity index is 1.24. The Morgan fingerprint density at radius 1 is 0.522 bits per heavy atom. The van der Waals surface area contributed by atoms with Crippen LogP contribution in [0.1, 0.15) is 18.2 Å². The van der Waals surface area contributed by atoms with Crippen molar-refractivity contribution in [3.05, 3.63) is 157 Å². The van der Waals surface area contributed by atoms with E-state index in [-0.39, 0.29) is 0 Å². The maximum atomic E-state index is 6.16. The lowest BCUT2D eigenvalue weighted by Crippen LogP contribution is -1.93. The molecule has 0 aliphatic heterocycles. The third-order valence-electron chi connectivity index (χ3n) is 9.21. The van der Waals surface area contributed by atoms with Crippen molar-refractivity contribution in [1.29, 1.82) is 0 Å². The van der Waals surface area contributed by atoms with E-state index in [1.165, 1.54) is 60.4 Å². The van der Waals surface area contributed by atoms with Crippen LogP contribution in [0.4, 0.5) is 0 Å². The Morgan fingerprint density at radius 3 is 1.70 bits per heavy atom. The highest BCUT2D eigenvalue weighted by atomic mass is 16.3. The predicted molar refractivity (Wildman–Crippen MR) is 195 cm³/mol. The molecule has 3 heteroatoms. The molecule has 0 spiro atoms. The fourth-order valence-corrected chi connectivity index (χ4v) is 7.19. The van der Waals surface area contributed by atoms with Crippen LogP contribution in [0.15, 0.2) is 151 Å². The molecule has 0 N–H and O–H groups in total. The number of furan rings is 1. The molecule has 9 aromatic rings. The first-order valence-corrected chi connectivity index (χ1v) is 15.7. The van der Waals surface area contributed by atoms with Crippen LogP contribution in [-0.4, -0.2) is 9.13 Å². The zero-order chi connectivity index (χ0) is 30.8. The lowest BCUT2D eigenvalue weighted by atomic mass is 10.0. The number of hydrogen-bond donors (Lipinski definition) is 0. The topological polar surface area (TPSA) is 23.0 Å². The van der Waals surface area contributed by atoms with Gasteiger partial charge in [-0.2, -0.15) is 0 Å². The third kappa shape index (κ3) is 3.85. The molecule has 0 aliphatic carbocycles. The molecule has 0 unspecified atom stereocenters. The number of allylic oxidation sites excluding steroid dienone is 1. The molecule has 0 radical (unpaired) electrons. The lowest BCUT2D eigenvalue weighted by molar-refractivity contribution is 0.603. The highest BCUT2D eigenvalue weighted by Crippen LogP contribution is 2.39. The first-order chi connectivity index (χ1) is 22.7. The van der Waals surface area contributed by atoms with Crippen molar-refractivity contribution < 1.29 is 4.42 Å². The molecule has 9 rings (SSSR count). The van der Waals surface area contributed by atoms with Crippen LogP contribution in [0, 0.1) is 0 Å². The molecule has 3 aromatic heterocycles. The summed E-state index contributed by atoms with van der Waals surface area (Å²) in [7, 11) is 0. The van der Waals surface area contributed by atoms with E-state index < -0.39 is 0 Å². The first-order valence-electron chi connectivity index (χ1n) is 15.7. The molecule has 0 aliphatic rings. The zero-order valence-electron chi connectivity index (χ0n) is 25.4. The summed E-state index contributed by atoms with van der Waals surface area (Å²) in [5.74, 6) is 0.834. The molecule has 218 valence electrons. The van der Waals surface area contributed by atoms with Gasteiger partial charge in [-0.1, -0.05) is 85.5 Å². The molecule has 3 heterocycles. The molecule has 0 atom stereocenters. The highest BCUT2D eigenvalue weighted by Gasteiger charge is 2.17. The molecule has 0 fully saturated rings. The molecule has 0 bridgehead atoms. The quantitative estimate of drug-likeness (QED) is 0.195. The summed E-state index contributed by atoms with van der Waals surface area (Å²) in [4.78, 5) is 0. The Morgan fingerprint density at radius 2 is 1.09 bits per heavy atom. The van der Waals surface area contributed by atoms with E-state index in [1.807, 2.05) is 25.2 Å². The second-order valence-corrected chi connectivity index (χ2v) is 11.8. The van der Waals surface area contributed by atoms with Gasteiger partial charge in [-0.05, 0) is 90.9 Å². The Bertz CT molecular complexity index is 2660. The molecule has 46 heavy (non-hydrogen) atoms. The van der Waals surface area contributed by atoms with Crippen molar-refractivity contribution in [3.63, 3.8) is 0 Å². The number of hydrogen-bond acceptors (Lipinski definition) is 1. The largest absolute Gasteiger partial charge is 0.456 e. The van der Waals surface area contributed by atoms with Gasteiger partial charge in [0.05, 0.1) is 22.1 Å². The normalized spacial score (nSPS) is 12.0. The van der Waals surface area contributed by atoms with Crippen LogP contribution in [0.2, 0.25) is 0 Å². The summed E-state index contributed by atoms with van der Waals surface area (Å²) >= 11 is 0. The van der Waals surface area contributed by atoms with E-state index in [0.717, 1.165) is 28.0 Å². The van der Waals surface area contributed by atoms with Crippen molar-refractivity contribution in [1.82, 2.24) is 9.13 Å². The molecular formula is C43H30N2O. The SMILES string of the molecule is C=Cc1c(/C=C\C)oc2ccc(-n3c4ccccc4c4cc(-c5ccc6c(c5)c5ccccc5n6-c5ccccc5)ccc43)cc12. The molecule has 0 amide bonds. The van der Waals surface area contributed by atoms with Gasteiger partial charge < -0.3 is 13.6 Å². The van der Waals surface area contributed by atoms with E-state index in [1.54, 1.807) is 0 Å². The summed E-state index contributed by atoms with van der Waals surface area (Å²) < 4.78 is 10.9. The Labute approximate surface area is 266 Å². The zero-order valence-corrected chi connectivity index (χ0v) is 25.4. The molecule has 0 saturated heterocycles. The van der Waals surface area contributed by atoms with Crippen molar-refractivity contribution in [2.24, 2.45) is 0 Å². The average Bonchev–Trinajstić information content (AvgIpc) is 3.75. The molecule has 6 aromatic carbocycles. The van der Waals surface area contributed by atoms with Gasteiger partial charge in [-0.15, -0.1) is 0 Å². The second-order valence-electron chi connectivity index (χ2n) is 11.8. The maximum Gasteiger partial charge on any atom is 0.135 e. The third-order valence-corrected chi connectivity index (χ3v) is 9.21. The molecule has 0 saturated carbocycles. The Kier molecular flexibility index (Phi) is 5.87. The van der Waals surface area contributed by atoms with Gasteiger partial charge >= 0.3 is 0 Å². The van der Waals surface area contributed by atoms with Gasteiger partial charge in [0.1, 0.15) is 11.3 Å². The number of rotatable bonds is 5. The minimum atomic E-state index is 0.834. The van der Waals surface area contributed by atoms with Gasteiger partial charge in [-0.3, -0.25) is 0 Å². The first kappa shape index (κ1) is 26.4. The minimum absolute atomic E-state index is 0.834. The van der Waals surface area contributed by atoms with Gasteiger partial charge in [0.25, 0.3) is 0 Å². The smallest absolute Gasteiger partial charge is 0.135 e. The summed E-state index contributed by atoms with van der Waals surface area (Å²) in [5, 5.41) is 6.03. The molecular weight excluding hydrogens is 560 g/mol. The van der Waals surface area contributed by atoms with Crippen molar-refractivity contribution in [3.8, 4) is 22.5 Å². The number of fused-ring (bicyclic) bond motifs is 7. The number of para-hydroxylation sites is 3. The summed E-state index contributed by atoms with van der Waals surface area (Å²) in [6.45, 7) is 6.08. The van der Waals surface area contributed by atoms with Crippen molar-refractivity contribution in [2.45, 2.75) is 6.92 Å². The van der Waals surface area contributed by atoms with E-state index in [9.17, 15) is 0 Å². The predicted octanol–water partition coefficient (Wildman–Crippen LogP) is 12.0. The molecule has 3 nitrogen and oxygen atoms in total. The minimum Gasteiger partial charge on any atom is -0.456 e. The number of aromatic nitrogens is 2.